The predicted molar refractivity (Wildman–Crippen MR) is 134 cm³/mol. The standard InChI is InChI=1S/C27H27N5O/c1-31(2)24-15-13-21(14-16-24)19-29-30-25(33)17-18-32-20-28-26(22-9-5-3-6-10-22)27(32)23-11-7-4-8-12-23/h3-16,19-20H,17-18H2,1-2H3,(H,30,33). The number of amides is 1. The second kappa shape index (κ2) is 10.4. The maximum absolute atomic E-state index is 12.4. The number of nitrogens with one attached hydrogen (secondary N) is 1. The van der Waals surface area contributed by atoms with Crippen LogP contribution in [0.1, 0.15) is 12.0 Å². The van der Waals surface area contributed by atoms with E-state index in [1.807, 2.05) is 96.4 Å². The monoisotopic (exact) mass is 437 g/mol. The Labute approximate surface area is 194 Å². The van der Waals surface area contributed by atoms with Crippen LogP contribution in [0.5, 0.6) is 0 Å². The minimum absolute atomic E-state index is 0.148. The van der Waals surface area contributed by atoms with Gasteiger partial charge >= 0.3 is 0 Å². The molecule has 0 aliphatic carbocycles. The van der Waals surface area contributed by atoms with E-state index in [1.165, 1.54) is 0 Å². The van der Waals surface area contributed by atoms with Crippen molar-refractivity contribution in [2.45, 2.75) is 13.0 Å². The van der Waals surface area contributed by atoms with Gasteiger partial charge < -0.3 is 9.47 Å². The molecular formula is C27H27N5O. The van der Waals surface area contributed by atoms with Gasteiger partial charge in [0.25, 0.3) is 0 Å². The van der Waals surface area contributed by atoms with Gasteiger partial charge in [0.05, 0.1) is 23.9 Å². The van der Waals surface area contributed by atoms with Crippen molar-refractivity contribution >= 4 is 17.8 Å². The molecule has 0 fully saturated rings. The van der Waals surface area contributed by atoms with Crippen molar-refractivity contribution in [2.24, 2.45) is 5.10 Å². The van der Waals surface area contributed by atoms with Gasteiger partial charge in [-0.3, -0.25) is 4.79 Å². The van der Waals surface area contributed by atoms with Crippen LogP contribution in [0.2, 0.25) is 0 Å². The molecule has 3 aromatic carbocycles. The van der Waals surface area contributed by atoms with E-state index in [-0.39, 0.29) is 5.91 Å². The number of rotatable bonds is 8. The van der Waals surface area contributed by atoms with Gasteiger partial charge in [0.1, 0.15) is 0 Å². The van der Waals surface area contributed by atoms with Gasteiger partial charge in [0, 0.05) is 43.9 Å². The Kier molecular flexibility index (Phi) is 6.95. The van der Waals surface area contributed by atoms with Crippen molar-refractivity contribution in [3.8, 4) is 22.5 Å². The number of hydrazone groups is 1. The van der Waals surface area contributed by atoms with E-state index >= 15 is 0 Å². The smallest absolute Gasteiger partial charge is 0.241 e. The van der Waals surface area contributed by atoms with Gasteiger partial charge in [0.2, 0.25) is 5.91 Å². The van der Waals surface area contributed by atoms with Crippen molar-refractivity contribution < 1.29 is 4.79 Å². The van der Waals surface area contributed by atoms with Crippen molar-refractivity contribution in [1.82, 2.24) is 15.0 Å². The van der Waals surface area contributed by atoms with Crippen LogP contribution in [0.3, 0.4) is 0 Å². The van der Waals surface area contributed by atoms with E-state index in [0.717, 1.165) is 33.8 Å². The summed E-state index contributed by atoms with van der Waals surface area (Å²) >= 11 is 0. The lowest BCUT2D eigenvalue weighted by atomic mass is 10.0. The highest BCUT2D eigenvalue weighted by Crippen LogP contribution is 2.31. The molecule has 33 heavy (non-hydrogen) atoms. The van der Waals surface area contributed by atoms with Crippen LogP contribution in [0, 0.1) is 0 Å². The number of carbonyl (C=O) groups excluding carboxylic acids is 1. The molecule has 0 radical (unpaired) electrons. The zero-order chi connectivity index (χ0) is 23.0. The van der Waals surface area contributed by atoms with E-state index in [2.05, 4.69) is 27.6 Å². The third kappa shape index (κ3) is 5.54. The first-order valence-corrected chi connectivity index (χ1v) is 10.9. The summed E-state index contributed by atoms with van der Waals surface area (Å²) in [6.45, 7) is 0.503. The minimum atomic E-state index is -0.148. The number of carbonyl (C=O) groups is 1. The van der Waals surface area contributed by atoms with Gasteiger partial charge in [-0.15, -0.1) is 0 Å². The molecule has 1 N–H and O–H groups in total. The number of benzene rings is 3. The number of aryl methyl sites for hydroxylation is 1. The molecule has 0 saturated carbocycles. The summed E-state index contributed by atoms with van der Waals surface area (Å²) in [4.78, 5) is 19.1. The Balaban J connectivity index is 1.44. The molecule has 1 amide bonds. The number of hydrogen-bond donors (Lipinski definition) is 1. The van der Waals surface area contributed by atoms with E-state index in [1.54, 1.807) is 12.5 Å². The maximum Gasteiger partial charge on any atom is 0.241 e. The molecule has 4 aromatic rings. The molecule has 0 aliphatic rings. The highest BCUT2D eigenvalue weighted by Gasteiger charge is 2.15. The fraction of sp³-hybridized carbons (Fsp3) is 0.148. The summed E-state index contributed by atoms with van der Waals surface area (Å²) in [7, 11) is 3.99. The Hall–Kier alpha value is -4.19. The Morgan fingerprint density at radius 3 is 2.21 bits per heavy atom. The van der Waals surface area contributed by atoms with E-state index in [0.29, 0.717) is 13.0 Å². The van der Waals surface area contributed by atoms with Crippen LogP contribution < -0.4 is 10.3 Å². The first kappa shape index (κ1) is 22.0. The minimum Gasteiger partial charge on any atom is -0.378 e. The van der Waals surface area contributed by atoms with Crippen LogP contribution in [-0.4, -0.2) is 35.8 Å². The lowest BCUT2D eigenvalue weighted by Gasteiger charge is -2.11. The maximum atomic E-state index is 12.4. The fourth-order valence-corrected chi connectivity index (χ4v) is 3.57. The van der Waals surface area contributed by atoms with Crippen molar-refractivity contribution in [2.75, 3.05) is 19.0 Å². The van der Waals surface area contributed by atoms with Crippen LogP contribution in [0.4, 0.5) is 5.69 Å². The SMILES string of the molecule is CN(C)c1ccc(C=NNC(=O)CCn2cnc(-c3ccccc3)c2-c2ccccc2)cc1. The van der Waals surface area contributed by atoms with Gasteiger partial charge in [-0.05, 0) is 17.7 Å². The molecule has 1 heterocycles. The highest BCUT2D eigenvalue weighted by molar-refractivity contribution is 5.83. The third-order valence-corrected chi connectivity index (χ3v) is 5.32. The molecule has 0 bridgehead atoms. The molecule has 0 unspecified atom stereocenters. The van der Waals surface area contributed by atoms with E-state index in [4.69, 9.17) is 0 Å². The number of aromatic nitrogens is 2. The average Bonchev–Trinajstić information content (AvgIpc) is 3.28. The summed E-state index contributed by atoms with van der Waals surface area (Å²) in [5.41, 5.74) is 8.67. The lowest BCUT2D eigenvalue weighted by Crippen LogP contribution is -2.19. The largest absolute Gasteiger partial charge is 0.378 e. The molecule has 0 spiro atoms. The summed E-state index contributed by atoms with van der Waals surface area (Å²) < 4.78 is 2.03. The van der Waals surface area contributed by atoms with Gasteiger partial charge in [-0.2, -0.15) is 5.10 Å². The molecule has 0 saturated heterocycles. The molecule has 6 nitrogen and oxygen atoms in total. The van der Waals surface area contributed by atoms with Gasteiger partial charge in [-0.25, -0.2) is 10.4 Å². The topological polar surface area (TPSA) is 62.5 Å². The number of nitrogens with zero attached hydrogens (tertiary/aromatic N) is 4. The predicted octanol–water partition coefficient (Wildman–Crippen LogP) is 4.82. The molecular weight excluding hydrogens is 410 g/mol. The number of anilines is 1. The van der Waals surface area contributed by atoms with E-state index in [9.17, 15) is 4.79 Å². The summed E-state index contributed by atoms with van der Waals surface area (Å²) in [5.74, 6) is -0.148. The average molecular weight is 438 g/mol. The van der Waals surface area contributed by atoms with Gasteiger partial charge in [0.15, 0.2) is 0 Å². The normalized spacial score (nSPS) is 11.0. The molecule has 166 valence electrons. The number of imidazole rings is 1. The molecule has 0 atom stereocenters. The zero-order valence-electron chi connectivity index (χ0n) is 18.8. The van der Waals surface area contributed by atoms with E-state index < -0.39 is 0 Å². The quantitative estimate of drug-likeness (QED) is 0.317. The summed E-state index contributed by atoms with van der Waals surface area (Å²) in [5, 5.41) is 4.10. The third-order valence-electron chi connectivity index (χ3n) is 5.32. The first-order chi connectivity index (χ1) is 16.1. The van der Waals surface area contributed by atoms with Crippen LogP contribution in [0.15, 0.2) is 96.4 Å². The van der Waals surface area contributed by atoms with Crippen molar-refractivity contribution in [1.29, 1.82) is 0 Å². The molecule has 0 aliphatic heterocycles. The van der Waals surface area contributed by atoms with Crippen LogP contribution in [0.25, 0.3) is 22.5 Å². The second-order valence-electron chi connectivity index (χ2n) is 7.90. The summed E-state index contributed by atoms with van der Waals surface area (Å²) in [6.07, 6.45) is 3.74. The number of hydrogen-bond acceptors (Lipinski definition) is 4. The van der Waals surface area contributed by atoms with Gasteiger partial charge in [-0.1, -0.05) is 72.8 Å². The van der Waals surface area contributed by atoms with Crippen LogP contribution >= 0.6 is 0 Å². The molecule has 1 aromatic heterocycles. The zero-order valence-corrected chi connectivity index (χ0v) is 18.8. The van der Waals surface area contributed by atoms with Crippen molar-refractivity contribution in [3.63, 3.8) is 0 Å². The first-order valence-electron chi connectivity index (χ1n) is 10.9. The summed E-state index contributed by atoms with van der Waals surface area (Å²) in [6, 6.07) is 28.2. The fourth-order valence-electron chi connectivity index (χ4n) is 3.57. The second-order valence-corrected chi connectivity index (χ2v) is 7.90. The molecule has 4 rings (SSSR count). The van der Waals surface area contributed by atoms with Crippen molar-refractivity contribution in [3.05, 3.63) is 96.8 Å². The Morgan fingerprint density at radius 2 is 1.58 bits per heavy atom. The molecule has 6 heteroatoms. The lowest BCUT2D eigenvalue weighted by molar-refractivity contribution is -0.121. The highest BCUT2D eigenvalue weighted by atomic mass is 16.2. The Morgan fingerprint density at radius 1 is 0.939 bits per heavy atom. The van der Waals surface area contributed by atoms with Crippen LogP contribution in [-0.2, 0) is 11.3 Å². The Bertz CT molecular complexity index is 1210.